The molecule has 1 atom stereocenters. The molecule has 0 aromatic heterocycles. The average molecular weight is 247 g/mol. The highest BCUT2D eigenvalue weighted by molar-refractivity contribution is 5.96. The lowest BCUT2D eigenvalue weighted by Gasteiger charge is -2.13. The van der Waals surface area contributed by atoms with E-state index in [0.29, 0.717) is 18.4 Å². The Hall–Kier alpha value is -2.10. The quantitative estimate of drug-likeness (QED) is 0.757. The third kappa shape index (κ3) is 4.05. The second-order valence-corrected chi connectivity index (χ2v) is 4.10. The van der Waals surface area contributed by atoms with Gasteiger partial charge in [0.2, 0.25) is 0 Å². The van der Waals surface area contributed by atoms with Gasteiger partial charge in [0.15, 0.2) is 0 Å². The Labute approximate surface area is 106 Å². The van der Waals surface area contributed by atoms with E-state index in [-0.39, 0.29) is 5.91 Å². The Balaban J connectivity index is 2.68. The zero-order valence-corrected chi connectivity index (χ0v) is 10.3. The summed E-state index contributed by atoms with van der Waals surface area (Å²) in [4.78, 5) is 22.8. The van der Waals surface area contributed by atoms with Gasteiger partial charge in [-0.2, -0.15) is 0 Å². The minimum atomic E-state index is -1.03. The van der Waals surface area contributed by atoms with E-state index in [1.165, 1.54) is 0 Å². The second-order valence-electron chi connectivity index (χ2n) is 4.10. The molecule has 0 saturated heterocycles. The summed E-state index contributed by atoms with van der Waals surface area (Å²) in [5, 5.41) is 11.5. The van der Waals surface area contributed by atoms with E-state index in [4.69, 9.17) is 5.11 Å². The molecule has 0 radical (unpaired) electrons. The number of rotatable bonds is 6. The largest absolute Gasteiger partial charge is 0.480 e. The second kappa shape index (κ2) is 6.59. The monoisotopic (exact) mass is 247 g/mol. The van der Waals surface area contributed by atoms with Crippen LogP contribution >= 0.6 is 0 Å². The lowest BCUT2D eigenvalue weighted by molar-refractivity contribution is -0.139. The molecular weight excluding hydrogens is 230 g/mol. The summed E-state index contributed by atoms with van der Waals surface area (Å²) in [6.07, 6.45) is 2.52. The van der Waals surface area contributed by atoms with Gasteiger partial charge in [-0.25, -0.2) is 4.79 Å². The minimum absolute atomic E-state index is 0.344. The van der Waals surface area contributed by atoms with E-state index in [0.717, 1.165) is 5.56 Å². The first-order chi connectivity index (χ1) is 8.54. The molecule has 0 bridgehead atoms. The number of nitrogens with one attached hydrogen (secondary N) is 1. The summed E-state index contributed by atoms with van der Waals surface area (Å²) in [5.41, 5.74) is 1.51. The van der Waals surface area contributed by atoms with Crippen molar-refractivity contribution >= 4 is 11.9 Å². The van der Waals surface area contributed by atoms with Gasteiger partial charge in [-0.15, -0.1) is 6.58 Å². The molecule has 0 spiro atoms. The van der Waals surface area contributed by atoms with Gasteiger partial charge in [0.05, 0.1) is 0 Å². The van der Waals surface area contributed by atoms with Gasteiger partial charge in [0, 0.05) is 5.56 Å². The van der Waals surface area contributed by atoms with Gasteiger partial charge < -0.3 is 10.4 Å². The molecule has 0 aliphatic carbocycles. The van der Waals surface area contributed by atoms with Crippen LogP contribution in [0.15, 0.2) is 36.9 Å². The molecular formula is C14H17NO3. The first kappa shape index (κ1) is 14.0. The number of carboxylic acid groups (broad SMARTS) is 1. The first-order valence-electron chi connectivity index (χ1n) is 5.76. The summed E-state index contributed by atoms with van der Waals surface area (Å²) in [6.45, 7) is 5.46. The van der Waals surface area contributed by atoms with Crippen LogP contribution in [-0.2, 0) is 4.79 Å². The van der Waals surface area contributed by atoms with Crippen LogP contribution in [0, 0.1) is 6.92 Å². The Morgan fingerprint density at radius 2 is 2.00 bits per heavy atom. The maximum Gasteiger partial charge on any atom is 0.326 e. The van der Waals surface area contributed by atoms with Gasteiger partial charge in [-0.1, -0.05) is 23.8 Å². The summed E-state index contributed by atoms with van der Waals surface area (Å²) < 4.78 is 0. The molecule has 4 nitrogen and oxygen atoms in total. The standard InChI is InChI=1S/C14H17NO3/c1-3-4-5-12(14(17)18)15-13(16)11-8-6-10(2)7-9-11/h3,6-9,12H,1,4-5H2,2H3,(H,15,16)(H,17,18). The van der Waals surface area contributed by atoms with Gasteiger partial charge in [0.1, 0.15) is 6.04 Å². The summed E-state index contributed by atoms with van der Waals surface area (Å²) in [5.74, 6) is -1.40. The predicted octanol–water partition coefficient (Wildman–Crippen LogP) is 2.14. The van der Waals surface area contributed by atoms with Gasteiger partial charge >= 0.3 is 5.97 Å². The van der Waals surface area contributed by atoms with Crippen molar-refractivity contribution in [3.8, 4) is 0 Å². The number of carboxylic acids is 1. The molecule has 96 valence electrons. The highest BCUT2D eigenvalue weighted by Gasteiger charge is 2.19. The van der Waals surface area contributed by atoms with Crippen molar-refractivity contribution in [3.63, 3.8) is 0 Å². The molecule has 1 amide bonds. The molecule has 0 aliphatic rings. The Morgan fingerprint density at radius 3 is 2.50 bits per heavy atom. The fourth-order valence-corrected chi connectivity index (χ4v) is 1.49. The minimum Gasteiger partial charge on any atom is -0.480 e. The maximum atomic E-state index is 11.8. The Bertz CT molecular complexity index is 437. The van der Waals surface area contributed by atoms with Crippen molar-refractivity contribution in [3.05, 3.63) is 48.0 Å². The van der Waals surface area contributed by atoms with Crippen LogP contribution in [0.25, 0.3) is 0 Å². The molecule has 1 aromatic rings. The van der Waals surface area contributed by atoms with E-state index in [9.17, 15) is 9.59 Å². The lowest BCUT2D eigenvalue weighted by Crippen LogP contribution is -2.40. The normalized spacial score (nSPS) is 11.6. The third-order valence-electron chi connectivity index (χ3n) is 2.58. The molecule has 18 heavy (non-hydrogen) atoms. The SMILES string of the molecule is C=CCCC(NC(=O)c1ccc(C)cc1)C(=O)O. The van der Waals surface area contributed by atoms with E-state index in [2.05, 4.69) is 11.9 Å². The Kier molecular flexibility index (Phi) is 5.11. The molecule has 0 heterocycles. The van der Waals surface area contributed by atoms with Crippen molar-refractivity contribution in [1.82, 2.24) is 5.32 Å². The van der Waals surface area contributed by atoms with E-state index >= 15 is 0 Å². The third-order valence-corrected chi connectivity index (χ3v) is 2.58. The van der Waals surface area contributed by atoms with Crippen molar-refractivity contribution in [2.75, 3.05) is 0 Å². The van der Waals surface area contributed by atoms with Crippen LogP contribution in [0.4, 0.5) is 0 Å². The smallest absolute Gasteiger partial charge is 0.326 e. The fourth-order valence-electron chi connectivity index (χ4n) is 1.49. The fraction of sp³-hybridized carbons (Fsp3) is 0.286. The molecule has 1 rings (SSSR count). The molecule has 0 fully saturated rings. The highest BCUT2D eigenvalue weighted by atomic mass is 16.4. The maximum absolute atomic E-state index is 11.8. The molecule has 2 N–H and O–H groups in total. The van der Waals surface area contributed by atoms with Crippen molar-refractivity contribution in [2.24, 2.45) is 0 Å². The van der Waals surface area contributed by atoms with Crippen molar-refractivity contribution < 1.29 is 14.7 Å². The number of allylic oxidation sites excluding steroid dienone is 1. The summed E-state index contributed by atoms with van der Waals surface area (Å²) in [6, 6.07) is 6.11. The molecule has 0 saturated carbocycles. The van der Waals surface area contributed by atoms with E-state index in [1.54, 1.807) is 18.2 Å². The number of hydrogen-bond acceptors (Lipinski definition) is 2. The van der Waals surface area contributed by atoms with Gasteiger partial charge in [-0.05, 0) is 31.9 Å². The number of benzene rings is 1. The number of amides is 1. The molecule has 1 unspecified atom stereocenters. The highest BCUT2D eigenvalue weighted by Crippen LogP contribution is 2.05. The lowest BCUT2D eigenvalue weighted by atomic mass is 10.1. The zero-order chi connectivity index (χ0) is 13.5. The topological polar surface area (TPSA) is 66.4 Å². The molecule has 1 aromatic carbocycles. The average Bonchev–Trinajstić information content (AvgIpc) is 2.34. The van der Waals surface area contributed by atoms with Gasteiger partial charge in [0.25, 0.3) is 5.91 Å². The number of carbonyl (C=O) groups is 2. The Morgan fingerprint density at radius 1 is 1.39 bits per heavy atom. The van der Waals surface area contributed by atoms with Crippen LogP contribution < -0.4 is 5.32 Å². The molecule has 0 aliphatic heterocycles. The summed E-state index contributed by atoms with van der Waals surface area (Å²) in [7, 11) is 0. The number of carbonyl (C=O) groups excluding carboxylic acids is 1. The molecule has 4 heteroatoms. The van der Waals surface area contributed by atoms with Crippen molar-refractivity contribution in [2.45, 2.75) is 25.8 Å². The van der Waals surface area contributed by atoms with Crippen LogP contribution in [0.3, 0.4) is 0 Å². The summed E-state index contributed by atoms with van der Waals surface area (Å²) >= 11 is 0. The predicted molar refractivity (Wildman–Crippen MR) is 69.5 cm³/mol. The van der Waals surface area contributed by atoms with Crippen LogP contribution in [-0.4, -0.2) is 23.0 Å². The first-order valence-corrected chi connectivity index (χ1v) is 5.76. The van der Waals surface area contributed by atoms with E-state index in [1.807, 2.05) is 19.1 Å². The zero-order valence-electron chi connectivity index (χ0n) is 10.3. The van der Waals surface area contributed by atoms with Crippen LogP contribution in [0.2, 0.25) is 0 Å². The number of aliphatic carboxylic acids is 1. The van der Waals surface area contributed by atoms with Crippen molar-refractivity contribution in [1.29, 1.82) is 0 Å². The van der Waals surface area contributed by atoms with Gasteiger partial charge in [-0.3, -0.25) is 4.79 Å². The van der Waals surface area contributed by atoms with Crippen LogP contribution in [0.1, 0.15) is 28.8 Å². The van der Waals surface area contributed by atoms with E-state index < -0.39 is 12.0 Å². The van der Waals surface area contributed by atoms with Crippen LogP contribution in [0.5, 0.6) is 0 Å². The number of hydrogen-bond donors (Lipinski definition) is 2. The number of aryl methyl sites for hydroxylation is 1.